The van der Waals surface area contributed by atoms with E-state index in [0.29, 0.717) is 11.0 Å². The summed E-state index contributed by atoms with van der Waals surface area (Å²) in [4.78, 5) is 9.29. The van der Waals surface area contributed by atoms with Gasteiger partial charge in [0, 0.05) is 16.8 Å². The Morgan fingerprint density at radius 2 is 1.60 bits per heavy atom. The van der Waals surface area contributed by atoms with E-state index in [2.05, 4.69) is 32.7 Å². The van der Waals surface area contributed by atoms with Crippen LogP contribution < -0.4 is 0 Å². The van der Waals surface area contributed by atoms with E-state index in [9.17, 15) is 0 Å². The molecule has 0 saturated heterocycles. The van der Waals surface area contributed by atoms with Crippen LogP contribution in [0.2, 0.25) is 5.02 Å². The Balaban J connectivity index is 1.78. The Morgan fingerprint density at radius 3 is 2.44 bits per heavy atom. The molecule has 1 aromatic heterocycles. The highest BCUT2D eigenvalue weighted by atomic mass is 35.5. The molecule has 0 unspecified atom stereocenters. The number of rotatable bonds is 4. The third-order valence-corrected chi connectivity index (χ3v) is 4.39. The van der Waals surface area contributed by atoms with Gasteiger partial charge in [0.05, 0.1) is 17.6 Å². The van der Waals surface area contributed by atoms with Crippen molar-refractivity contribution in [2.75, 3.05) is 0 Å². The van der Waals surface area contributed by atoms with Gasteiger partial charge in [-0.2, -0.15) is 0 Å². The van der Waals surface area contributed by atoms with E-state index in [0.717, 1.165) is 23.1 Å². The minimum atomic E-state index is 0.671. The minimum Gasteiger partial charge on any atom is -0.304 e. The number of hydrogen-bond acceptors (Lipinski definition) is 2. The fourth-order valence-electron chi connectivity index (χ4n) is 2.79. The molecule has 0 saturated carbocycles. The lowest BCUT2D eigenvalue weighted by Gasteiger charge is -2.06. The number of aliphatic imine (C=N–C) groups is 1. The summed E-state index contributed by atoms with van der Waals surface area (Å²) in [6.07, 6.45) is 1.77. The summed E-state index contributed by atoms with van der Waals surface area (Å²) in [6, 6.07) is 26.1. The highest BCUT2D eigenvalue weighted by molar-refractivity contribution is 6.33. The maximum absolute atomic E-state index is 6.22. The molecule has 122 valence electrons. The van der Waals surface area contributed by atoms with Crippen LogP contribution in [0.3, 0.4) is 0 Å². The number of fused-ring (bicyclic) bond motifs is 1. The monoisotopic (exact) mass is 345 g/mol. The molecule has 25 heavy (non-hydrogen) atoms. The summed E-state index contributed by atoms with van der Waals surface area (Å²) in [5.41, 5.74) is 4.09. The maximum Gasteiger partial charge on any atom is 0.230 e. The molecule has 0 fully saturated rings. The fraction of sp³-hybridized carbons (Fsp3) is 0.0476. The van der Waals surface area contributed by atoms with Crippen molar-refractivity contribution in [1.29, 1.82) is 0 Å². The lowest BCUT2D eigenvalue weighted by molar-refractivity contribution is 0.827. The van der Waals surface area contributed by atoms with Gasteiger partial charge in [0.1, 0.15) is 0 Å². The zero-order chi connectivity index (χ0) is 17.1. The molecule has 4 aromatic rings. The molecule has 0 spiro atoms. The van der Waals surface area contributed by atoms with E-state index in [1.165, 1.54) is 5.56 Å². The summed E-state index contributed by atoms with van der Waals surface area (Å²) >= 11 is 6.22. The van der Waals surface area contributed by atoms with Crippen LogP contribution in [0.25, 0.3) is 11.0 Å². The van der Waals surface area contributed by atoms with Gasteiger partial charge in [-0.1, -0.05) is 72.3 Å². The Bertz CT molecular complexity index is 1040. The van der Waals surface area contributed by atoms with Crippen molar-refractivity contribution in [3.63, 3.8) is 0 Å². The standard InChI is InChI=1S/C21H16ClN3/c22-18-11-5-4-10-17(18)14-23-21-24-19-12-6-7-13-20(19)25(21)15-16-8-2-1-3-9-16/h1-14H,15H2. The van der Waals surface area contributed by atoms with Crippen molar-refractivity contribution in [3.8, 4) is 0 Å². The van der Waals surface area contributed by atoms with Crippen molar-refractivity contribution >= 4 is 34.8 Å². The van der Waals surface area contributed by atoms with Crippen LogP contribution in [-0.4, -0.2) is 15.8 Å². The number of para-hydroxylation sites is 2. The average molecular weight is 346 g/mol. The maximum atomic E-state index is 6.22. The first-order valence-corrected chi connectivity index (χ1v) is 8.47. The molecule has 0 aliphatic carbocycles. The van der Waals surface area contributed by atoms with Crippen LogP contribution in [0.1, 0.15) is 11.1 Å². The number of halogens is 1. The second-order valence-corrected chi connectivity index (χ2v) is 6.16. The van der Waals surface area contributed by atoms with Gasteiger partial charge in [0.25, 0.3) is 0 Å². The number of benzene rings is 3. The van der Waals surface area contributed by atoms with E-state index < -0.39 is 0 Å². The summed E-state index contributed by atoms with van der Waals surface area (Å²) in [6.45, 7) is 0.719. The Labute approximate surface area is 151 Å². The molecule has 0 aliphatic heterocycles. The summed E-state index contributed by atoms with van der Waals surface area (Å²) in [7, 11) is 0. The lowest BCUT2D eigenvalue weighted by Crippen LogP contribution is -1.99. The Hall–Kier alpha value is -2.91. The van der Waals surface area contributed by atoms with Crippen LogP contribution in [0.5, 0.6) is 0 Å². The number of nitrogens with zero attached hydrogens (tertiary/aromatic N) is 3. The summed E-state index contributed by atoms with van der Waals surface area (Å²) in [5.74, 6) is 0.671. The first kappa shape index (κ1) is 15.6. The zero-order valence-corrected chi connectivity index (χ0v) is 14.3. The minimum absolute atomic E-state index is 0.671. The summed E-state index contributed by atoms with van der Waals surface area (Å²) in [5, 5.41) is 0.678. The topological polar surface area (TPSA) is 30.2 Å². The smallest absolute Gasteiger partial charge is 0.230 e. The van der Waals surface area contributed by atoms with Gasteiger partial charge in [-0.15, -0.1) is 0 Å². The molecule has 0 radical (unpaired) electrons. The van der Waals surface area contributed by atoms with Crippen molar-refractivity contribution in [3.05, 3.63) is 95.0 Å². The number of hydrogen-bond donors (Lipinski definition) is 0. The van der Waals surface area contributed by atoms with Crippen LogP contribution in [0.4, 0.5) is 5.95 Å². The van der Waals surface area contributed by atoms with Crippen LogP contribution in [-0.2, 0) is 6.54 Å². The molecular formula is C21H16ClN3. The normalized spacial score (nSPS) is 11.4. The highest BCUT2D eigenvalue weighted by Gasteiger charge is 2.10. The van der Waals surface area contributed by atoms with Gasteiger partial charge < -0.3 is 4.57 Å². The third kappa shape index (κ3) is 3.32. The largest absolute Gasteiger partial charge is 0.304 e. The molecule has 4 heteroatoms. The third-order valence-electron chi connectivity index (χ3n) is 4.04. The molecule has 4 rings (SSSR count). The molecule has 3 aromatic carbocycles. The molecule has 1 heterocycles. The molecule has 0 aliphatic rings. The predicted molar refractivity (Wildman–Crippen MR) is 104 cm³/mol. The van der Waals surface area contributed by atoms with Crippen LogP contribution in [0.15, 0.2) is 83.9 Å². The van der Waals surface area contributed by atoms with E-state index >= 15 is 0 Å². The van der Waals surface area contributed by atoms with Gasteiger partial charge in [0.15, 0.2) is 0 Å². The van der Waals surface area contributed by atoms with Gasteiger partial charge in [0.2, 0.25) is 5.95 Å². The molecule has 3 nitrogen and oxygen atoms in total. The predicted octanol–water partition coefficient (Wildman–Crippen LogP) is 5.49. The van der Waals surface area contributed by atoms with Crippen LogP contribution >= 0.6 is 11.6 Å². The van der Waals surface area contributed by atoms with E-state index in [1.54, 1.807) is 6.21 Å². The number of aromatic nitrogens is 2. The quantitative estimate of drug-likeness (QED) is 0.450. The second kappa shape index (κ2) is 6.91. The first-order chi connectivity index (χ1) is 12.3. The molecule has 0 bridgehead atoms. The van der Waals surface area contributed by atoms with Crippen molar-refractivity contribution < 1.29 is 0 Å². The average Bonchev–Trinajstić information content (AvgIpc) is 3.00. The van der Waals surface area contributed by atoms with E-state index in [4.69, 9.17) is 11.6 Å². The number of imidazole rings is 1. The molecule has 0 atom stereocenters. The van der Waals surface area contributed by atoms with Crippen LogP contribution in [0, 0.1) is 0 Å². The lowest BCUT2D eigenvalue weighted by atomic mass is 10.2. The van der Waals surface area contributed by atoms with Crippen molar-refractivity contribution in [1.82, 2.24) is 9.55 Å². The Kier molecular flexibility index (Phi) is 4.32. The SMILES string of the molecule is Clc1ccccc1C=Nc1nc2ccccc2n1Cc1ccccc1. The fourth-order valence-corrected chi connectivity index (χ4v) is 2.97. The van der Waals surface area contributed by atoms with E-state index in [1.807, 2.05) is 60.7 Å². The zero-order valence-electron chi connectivity index (χ0n) is 13.5. The van der Waals surface area contributed by atoms with Gasteiger partial charge in [-0.05, 0) is 23.8 Å². The van der Waals surface area contributed by atoms with Crippen molar-refractivity contribution in [2.24, 2.45) is 4.99 Å². The molecule has 0 N–H and O–H groups in total. The first-order valence-electron chi connectivity index (χ1n) is 8.09. The van der Waals surface area contributed by atoms with Crippen molar-refractivity contribution in [2.45, 2.75) is 6.54 Å². The highest BCUT2D eigenvalue weighted by Crippen LogP contribution is 2.23. The molecule has 0 amide bonds. The van der Waals surface area contributed by atoms with Gasteiger partial charge >= 0.3 is 0 Å². The van der Waals surface area contributed by atoms with Gasteiger partial charge in [-0.25, -0.2) is 9.98 Å². The summed E-state index contributed by atoms with van der Waals surface area (Å²) < 4.78 is 2.12. The van der Waals surface area contributed by atoms with Gasteiger partial charge in [-0.3, -0.25) is 0 Å². The molecular weight excluding hydrogens is 330 g/mol. The second-order valence-electron chi connectivity index (χ2n) is 5.75. The van der Waals surface area contributed by atoms with E-state index in [-0.39, 0.29) is 0 Å². The Morgan fingerprint density at radius 1 is 0.880 bits per heavy atom.